The van der Waals surface area contributed by atoms with E-state index in [1.165, 1.54) is 0 Å². The first kappa shape index (κ1) is 11.9. The number of anilines is 1. The van der Waals surface area contributed by atoms with E-state index >= 15 is 0 Å². The zero-order valence-electron chi connectivity index (χ0n) is 9.75. The van der Waals surface area contributed by atoms with Gasteiger partial charge in [0.15, 0.2) is 0 Å². The van der Waals surface area contributed by atoms with Crippen LogP contribution in [0.25, 0.3) is 0 Å². The van der Waals surface area contributed by atoms with Gasteiger partial charge in [0, 0.05) is 24.6 Å². The van der Waals surface area contributed by atoms with Crippen LogP contribution in [0.1, 0.15) is 32.9 Å². The third kappa shape index (κ3) is 3.16. The van der Waals surface area contributed by atoms with Gasteiger partial charge in [0.1, 0.15) is 12.1 Å². The summed E-state index contributed by atoms with van der Waals surface area (Å²) >= 11 is 0. The Morgan fingerprint density at radius 1 is 1.40 bits per heavy atom. The first-order valence-corrected chi connectivity index (χ1v) is 5.36. The fourth-order valence-electron chi connectivity index (χ4n) is 1.21. The zero-order valence-corrected chi connectivity index (χ0v) is 9.75. The number of nitrogens with zero attached hydrogens (tertiary/aromatic N) is 2. The summed E-state index contributed by atoms with van der Waals surface area (Å²) in [5, 5.41) is 3.15. The molecule has 1 aromatic rings. The normalized spacial score (nSPS) is 11.5. The van der Waals surface area contributed by atoms with Crippen molar-refractivity contribution >= 4 is 5.82 Å². The highest BCUT2D eigenvalue weighted by atomic mass is 15.0. The van der Waals surface area contributed by atoms with E-state index in [0.29, 0.717) is 6.54 Å². The third-order valence-electron chi connectivity index (χ3n) is 2.69. The molecule has 4 nitrogen and oxygen atoms in total. The van der Waals surface area contributed by atoms with Gasteiger partial charge in [-0.3, -0.25) is 0 Å². The van der Waals surface area contributed by atoms with Crippen LogP contribution in [0, 0.1) is 0 Å². The highest BCUT2D eigenvalue weighted by molar-refractivity contribution is 5.36. The summed E-state index contributed by atoms with van der Waals surface area (Å²) < 4.78 is 0. The van der Waals surface area contributed by atoms with Crippen LogP contribution >= 0.6 is 0 Å². The van der Waals surface area contributed by atoms with E-state index in [9.17, 15) is 0 Å². The van der Waals surface area contributed by atoms with Crippen molar-refractivity contribution in [1.82, 2.24) is 9.97 Å². The van der Waals surface area contributed by atoms with E-state index in [-0.39, 0.29) is 5.41 Å². The second-order valence-electron chi connectivity index (χ2n) is 4.24. The van der Waals surface area contributed by atoms with Gasteiger partial charge in [0.05, 0.1) is 5.69 Å². The largest absolute Gasteiger partial charge is 0.369 e. The number of nitrogens with one attached hydrogen (secondary N) is 1. The Morgan fingerprint density at radius 3 is 2.73 bits per heavy atom. The zero-order chi connectivity index (χ0) is 11.3. The minimum Gasteiger partial charge on any atom is -0.369 e. The Kier molecular flexibility index (Phi) is 4.03. The van der Waals surface area contributed by atoms with Crippen LogP contribution < -0.4 is 11.1 Å². The Balaban J connectivity index is 2.82. The Hall–Kier alpha value is -1.16. The maximum atomic E-state index is 5.42. The van der Waals surface area contributed by atoms with E-state index in [1.54, 1.807) is 6.33 Å². The molecule has 84 valence electrons. The van der Waals surface area contributed by atoms with Gasteiger partial charge in [0.2, 0.25) is 0 Å². The lowest BCUT2D eigenvalue weighted by Gasteiger charge is -2.22. The van der Waals surface area contributed by atoms with Crippen LogP contribution in [0.15, 0.2) is 12.4 Å². The van der Waals surface area contributed by atoms with Crippen molar-refractivity contribution in [2.45, 2.75) is 32.6 Å². The lowest BCUT2D eigenvalue weighted by atomic mass is 9.86. The van der Waals surface area contributed by atoms with E-state index in [2.05, 4.69) is 36.1 Å². The molecule has 1 aromatic heterocycles. The molecule has 0 saturated heterocycles. The molecule has 0 amide bonds. The summed E-state index contributed by atoms with van der Waals surface area (Å²) in [4.78, 5) is 8.45. The van der Waals surface area contributed by atoms with E-state index in [1.807, 2.05) is 6.07 Å². The van der Waals surface area contributed by atoms with Gasteiger partial charge in [0.25, 0.3) is 0 Å². The molecule has 1 rings (SSSR count). The summed E-state index contributed by atoms with van der Waals surface area (Å²) in [6.07, 6.45) is 2.66. The minimum atomic E-state index is 0.0993. The molecule has 0 atom stereocenters. The van der Waals surface area contributed by atoms with Gasteiger partial charge in [-0.2, -0.15) is 0 Å². The second-order valence-corrected chi connectivity index (χ2v) is 4.24. The van der Waals surface area contributed by atoms with Gasteiger partial charge in [-0.05, 0) is 6.42 Å². The Bertz CT molecular complexity index is 309. The summed E-state index contributed by atoms with van der Waals surface area (Å²) in [6, 6.07) is 2.00. The smallest absolute Gasteiger partial charge is 0.129 e. The van der Waals surface area contributed by atoms with Gasteiger partial charge in [-0.15, -0.1) is 0 Å². The third-order valence-corrected chi connectivity index (χ3v) is 2.69. The van der Waals surface area contributed by atoms with Gasteiger partial charge < -0.3 is 11.1 Å². The predicted octanol–water partition coefficient (Wildman–Crippen LogP) is 1.53. The molecule has 0 aliphatic heterocycles. The van der Waals surface area contributed by atoms with Crippen molar-refractivity contribution in [1.29, 1.82) is 0 Å². The second kappa shape index (κ2) is 5.07. The molecule has 0 bridgehead atoms. The number of nitrogens with two attached hydrogens (primary N) is 1. The van der Waals surface area contributed by atoms with Crippen LogP contribution in [0.3, 0.4) is 0 Å². The molecule has 15 heavy (non-hydrogen) atoms. The first-order chi connectivity index (χ1) is 7.10. The predicted molar refractivity (Wildman–Crippen MR) is 62.9 cm³/mol. The summed E-state index contributed by atoms with van der Waals surface area (Å²) in [5.74, 6) is 0.854. The Labute approximate surface area is 91.3 Å². The molecular weight excluding hydrogens is 188 g/mol. The monoisotopic (exact) mass is 208 g/mol. The lowest BCUT2D eigenvalue weighted by Crippen LogP contribution is -2.19. The molecule has 0 radical (unpaired) electrons. The average molecular weight is 208 g/mol. The van der Waals surface area contributed by atoms with Gasteiger partial charge in [-0.25, -0.2) is 9.97 Å². The molecule has 0 aliphatic rings. The lowest BCUT2D eigenvalue weighted by molar-refractivity contribution is 0.489. The molecule has 0 saturated carbocycles. The first-order valence-electron chi connectivity index (χ1n) is 5.36. The molecule has 3 N–H and O–H groups in total. The fourth-order valence-corrected chi connectivity index (χ4v) is 1.21. The molecular formula is C11H20N4. The highest BCUT2D eigenvalue weighted by Gasteiger charge is 2.19. The van der Waals surface area contributed by atoms with Gasteiger partial charge >= 0.3 is 0 Å². The van der Waals surface area contributed by atoms with Crippen molar-refractivity contribution in [2.24, 2.45) is 5.73 Å². The molecule has 4 heteroatoms. The van der Waals surface area contributed by atoms with Crippen LogP contribution in [0.5, 0.6) is 0 Å². The van der Waals surface area contributed by atoms with Crippen molar-refractivity contribution in [3.05, 3.63) is 18.1 Å². The van der Waals surface area contributed by atoms with Crippen molar-refractivity contribution in [3.63, 3.8) is 0 Å². The van der Waals surface area contributed by atoms with E-state index in [4.69, 9.17) is 5.73 Å². The maximum absolute atomic E-state index is 5.42. The number of aromatic nitrogens is 2. The highest BCUT2D eigenvalue weighted by Crippen LogP contribution is 2.25. The average Bonchev–Trinajstić information content (AvgIpc) is 2.27. The molecule has 0 unspecified atom stereocenters. The quantitative estimate of drug-likeness (QED) is 0.770. The number of hydrogen-bond donors (Lipinski definition) is 2. The Morgan fingerprint density at radius 2 is 2.13 bits per heavy atom. The van der Waals surface area contributed by atoms with Crippen LogP contribution in [-0.2, 0) is 5.41 Å². The minimum absolute atomic E-state index is 0.0993. The number of rotatable bonds is 5. The molecule has 0 aliphatic carbocycles. The summed E-state index contributed by atoms with van der Waals surface area (Å²) in [6.45, 7) is 7.87. The molecule has 1 heterocycles. The van der Waals surface area contributed by atoms with E-state index in [0.717, 1.165) is 24.5 Å². The standard InChI is InChI=1S/C11H20N4/c1-4-11(2,3)9-7-10(13-6-5-12)15-8-14-9/h7-8H,4-6,12H2,1-3H3,(H,13,14,15). The van der Waals surface area contributed by atoms with Crippen molar-refractivity contribution in [3.8, 4) is 0 Å². The van der Waals surface area contributed by atoms with Crippen LogP contribution in [0.2, 0.25) is 0 Å². The molecule has 0 fully saturated rings. The van der Waals surface area contributed by atoms with Crippen LogP contribution in [-0.4, -0.2) is 23.1 Å². The van der Waals surface area contributed by atoms with E-state index < -0.39 is 0 Å². The topological polar surface area (TPSA) is 63.8 Å². The SMILES string of the molecule is CCC(C)(C)c1cc(NCCN)ncn1. The van der Waals surface area contributed by atoms with Crippen molar-refractivity contribution < 1.29 is 0 Å². The molecule has 0 aromatic carbocycles. The van der Waals surface area contributed by atoms with Gasteiger partial charge in [-0.1, -0.05) is 20.8 Å². The maximum Gasteiger partial charge on any atom is 0.129 e. The fraction of sp³-hybridized carbons (Fsp3) is 0.636. The van der Waals surface area contributed by atoms with Crippen molar-refractivity contribution in [2.75, 3.05) is 18.4 Å². The van der Waals surface area contributed by atoms with Crippen LogP contribution in [0.4, 0.5) is 5.82 Å². The number of hydrogen-bond acceptors (Lipinski definition) is 4. The summed E-state index contributed by atoms with van der Waals surface area (Å²) in [5.41, 5.74) is 6.59. The summed E-state index contributed by atoms with van der Waals surface area (Å²) in [7, 11) is 0. The molecule has 0 spiro atoms.